The Bertz CT molecular complexity index is 476. The van der Waals surface area contributed by atoms with Gasteiger partial charge in [0.1, 0.15) is 6.10 Å². The third kappa shape index (κ3) is 3.57. The molecule has 21 heavy (non-hydrogen) atoms. The zero-order chi connectivity index (χ0) is 14.0. The summed E-state index contributed by atoms with van der Waals surface area (Å²) < 4.78 is 5.63. The lowest BCUT2D eigenvalue weighted by atomic mass is 9.96. The van der Waals surface area contributed by atoms with Gasteiger partial charge in [-0.25, -0.2) is 0 Å². The molecule has 1 amide bonds. The largest absolute Gasteiger partial charge is 0.364 e. The molecule has 2 fully saturated rings. The van der Waals surface area contributed by atoms with Gasteiger partial charge in [-0.15, -0.1) is 12.4 Å². The minimum absolute atomic E-state index is 0. The maximum absolute atomic E-state index is 12.1. The van der Waals surface area contributed by atoms with E-state index in [0.29, 0.717) is 13.1 Å². The van der Waals surface area contributed by atoms with Gasteiger partial charge in [0.05, 0.1) is 6.10 Å². The molecule has 0 spiro atoms. The number of halogens is 1. The molecule has 1 aliphatic heterocycles. The number of carbonyl (C=O) groups is 1. The highest BCUT2D eigenvalue weighted by atomic mass is 35.5. The predicted octanol–water partition coefficient (Wildman–Crippen LogP) is 1.76. The smallest absolute Gasteiger partial charge is 0.249 e. The van der Waals surface area contributed by atoms with Crippen LogP contribution in [-0.4, -0.2) is 31.2 Å². The number of hydrogen-bond donors (Lipinski definition) is 2. The van der Waals surface area contributed by atoms with Crippen LogP contribution in [0.25, 0.3) is 0 Å². The number of hydrogen-bond acceptors (Lipinski definition) is 3. The van der Waals surface area contributed by atoms with Crippen molar-refractivity contribution in [3.8, 4) is 0 Å². The Balaban J connectivity index is 0.00000161. The maximum atomic E-state index is 12.1. The van der Waals surface area contributed by atoms with Crippen molar-refractivity contribution >= 4 is 18.3 Å². The molecule has 1 heterocycles. The molecular weight excluding hydrogens is 288 g/mol. The molecule has 2 aliphatic rings. The van der Waals surface area contributed by atoms with Crippen LogP contribution in [-0.2, 0) is 14.9 Å². The molecule has 116 valence electrons. The normalized spacial score (nSPS) is 26.0. The fourth-order valence-electron chi connectivity index (χ4n) is 2.95. The van der Waals surface area contributed by atoms with Crippen LogP contribution in [0.1, 0.15) is 31.2 Å². The van der Waals surface area contributed by atoms with E-state index in [9.17, 15) is 4.79 Å². The zero-order valence-corrected chi connectivity index (χ0v) is 12.9. The van der Waals surface area contributed by atoms with Gasteiger partial charge in [-0.1, -0.05) is 30.3 Å². The SMILES string of the molecule is Cl.NC[C@H]1CC[C@@H](C(=O)NCC2(c3ccccc3)CC2)O1. The Morgan fingerprint density at radius 3 is 2.57 bits per heavy atom. The van der Waals surface area contributed by atoms with E-state index in [1.54, 1.807) is 0 Å². The fraction of sp³-hybridized carbons (Fsp3) is 0.562. The minimum atomic E-state index is -0.310. The lowest BCUT2D eigenvalue weighted by Gasteiger charge is -2.18. The van der Waals surface area contributed by atoms with Gasteiger partial charge in [-0.3, -0.25) is 4.79 Å². The van der Waals surface area contributed by atoms with Crippen molar-refractivity contribution < 1.29 is 9.53 Å². The molecule has 0 radical (unpaired) electrons. The summed E-state index contributed by atoms with van der Waals surface area (Å²) in [5.41, 5.74) is 7.05. The number of ether oxygens (including phenoxy) is 1. The van der Waals surface area contributed by atoms with Crippen molar-refractivity contribution in [2.45, 2.75) is 43.3 Å². The molecule has 5 heteroatoms. The Morgan fingerprint density at radius 2 is 2.00 bits per heavy atom. The lowest BCUT2D eigenvalue weighted by molar-refractivity contribution is -0.131. The van der Waals surface area contributed by atoms with E-state index in [1.807, 2.05) is 6.07 Å². The van der Waals surface area contributed by atoms with Crippen molar-refractivity contribution in [3.63, 3.8) is 0 Å². The number of amides is 1. The molecule has 1 saturated heterocycles. The third-order valence-electron chi connectivity index (χ3n) is 4.50. The van der Waals surface area contributed by atoms with E-state index in [4.69, 9.17) is 10.5 Å². The number of carbonyl (C=O) groups excluding carboxylic acids is 1. The Hall–Kier alpha value is -1.10. The average Bonchev–Trinajstić information content (AvgIpc) is 3.14. The molecule has 0 aromatic heterocycles. The van der Waals surface area contributed by atoms with Gasteiger partial charge in [0.2, 0.25) is 5.91 Å². The predicted molar refractivity (Wildman–Crippen MR) is 84.6 cm³/mol. The topological polar surface area (TPSA) is 64.4 Å². The summed E-state index contributed by atoms with van der Waals surface area (Å²) in [5, 5.41) is 3.07. The highest BCUT2D eigenvalue weighted by Crippen LogP contribution is 2.47. The zero-order valence-electron chi connectivity index (χ0n) is 12.1. The summed E-state index contributed by atoms with van der Waals surface area (Å²) in [6.45, 7) is 1.21. The highest BCUT2D eigenvalue weighted by Gasteiger charge is 2.44. The van der Waals surface area contributed by atoms with E-state index in [0.717, 1.165) is 25.7 Å². The molecule has 3 N–H and O–H groups in total. The molecule has 3 rings (SSSR count). The maximum Gasteiger partial charge on any atom is 0.249 e. The summed E-state index contributed by atoms with van der Waals surface area (Å²) >= 11 is 0. The molecule has 1 saturated carbocycles. The third-order valence-corrected chi connectivity index (χ3v) is 4.50. The summed E-state index contributed by atoms with van der Waals surface area (Å²) in [7, 11) is 0. The van der Waals surface area contributed by atoms with Crippen LogP contribution >= 0.6 is 12.4 Å². The van der Waals surface area contributed by atoms with E-state index < -0.39 is 0 Å². The second-order valence-corrected chi connectivity index (χ2v) is 5.92. The van der Waals surface area contributed by atoms with Gasteiger partial charge in [0.25, 0.3) is 0 Å². The van der Waals surface area contributed by atoms with Crippen LogP contribution in [0.5, 0.6) is 0 Å². The van der Waals surface area contributed by atoms with Crippen molar-refractivity contribution in [2.75, 3.05) is 13.1 Å². The monoisotopic (exact) mass is 310 g/mol. The average molecular weight is 311 g/mol. The van der Waals surface area contributed by atoms with E-state index in [2.05, 4.69) is 29.6 Å². The van der Waals surface area contributed by atoms with Crippen LogP contribution in [0.15, 0.2) is 30.3 Å². The first kappa shape index (κ1) is 16.3. The summed E-state index contributed by atoms with van der Waals surface area (Å²) in [6.07, 6.45) is 3.71. The van der Waals surface area contributed by atoms with Gasteiger partial charge in [0.15, 0.2) is 0 Å². The number of nitrogens with two attached hydrogens (primary N) is 1. The molecule has 0 bridgehead atoms. The summed E-state index contributed by atoms with van der Waals surface area (Å²) in [5.74, 6) is 0.0168. The van der Waals surface area contributed by atoms with E-state index in [-0.39, 0.29) is 35.9 Å². The highest BCUT2D eigenvalue weighted by molar-refractivity contribution is 5.85. The number of rotatable bonds is 5. The standard InChI is InChI=1S/C16H22N2O2.ClH/c17-10-13-6-7-14(20-13)15(19)18-11-16(8-9-16)12-4-2-1-3-5-12;/h1-5,13-14H,6-11,17H2,(H,18,19);1H/t13-,14+;/m1./s1. The first-order valence-corrected chi connectivity index (χ1v) is 7.42. The van der Waals surface area contributed by atoms with Gasteiger partial charge in [-0.2, -0.15) is 0 Å². The molecule has 2 atom stereocenters. The first-order chi connectivity index (χ1) is 9.73. The van der Waals surface area contributed by atoms with E-state index >= 15 is 0 Å². The van der Waals surface area contributed by atoms with Crippen molar-refractivity contribution in [1.29, 1.82) is 0 Å². The summed E-state index contributed by atoms with van der Waals surface area (Å²) in [4.78, 5) is 12.1. The van der Waals surface area contributed by atoms with Gasteiger partial charge >= 0.3 is 0 Å². The van der Waals surface area contributed by atoms with Crippen LogP contribution in [0.3, 0.4) is 0 Å². The number of nitrogens with one attached hydrogen (secondary N) is 1. The van der Waals surface area contributed by atoms with Crippen LogP contribution in [0.4, 0.5) is 0 Å². The minimum Gasteiger partial charge on any atom is -0.364 e. The molecule has 4 nitrogen and oxygen atoms in total. The van der Waals surface area contributed by atoms with Gasteiger partial charge in [-0.05, 0) is 31.2 Å². The quantitative estimate of drug-likeness (QED) is 0.871. The van der Waals surface area contributed by atoms with Crippen molar-refractivity contribution in [3.05, 3.63) is 35.9 Å². The Labute approximate surface area is 131 Å². The van der Waals surface area contributed by atoms with Crippen LogP contribution in [0.2, 0.25) is 0 Å². The molecule has 1 aromatic rings. The van der Waals surface area contributed by atoms with Gasteiger partial charge in [0, 0.05) is 18.5 Å². The molecule has 0 unspecified atom stereocenters. The van der Waals surface area contributed by atoms with Crippen molar-refractivity contribution in [1.82, 2.24) is 5.32 Å². The Kier molecular flexibility index (Phi) is 5.25. The summed E-state index contributed by atoms with van der Waals surface area (Å²) in [6, 6.07) is 10.4. The second-order valence-electron chi connectivity index (χ2n) is 5.92. The van der Waals surface area contributed by atoms with E-state index in [1.165, 1.54) is 5.56 Å². The first-order valence-electron chi connectivity index (χ1n) is 7.42. The van der Waals surface area contributed by atoms with Gasteiger partial charge < -0.3 is 15.8 Å². The molecule has 1 aliphatic carbocycles. The second kappa shape index (κ2) is 6.77. The molecule has 1 aromatic carbocycles. The van der Waals surface area contributed by atoms with Crippen LogP contribution in [0, 0.1) is 0 Å². The number of benzene rings is 1. The molecular formula is C16H23ClN2O2. The Morgan fingerprint density at radius 1 is 1.29 bits per heavy atom. The van der Waals surface area contributed by atoms with Crippen molar-refractivity contribution in [2.24, 2.45) is 5.73 Å². The van der Waals surface area contributed by atoms with Crippen LogP contribution < -0.4 is 11.1 Å². The fourth-order valence-corrected chi connectivity index (χ4v) is 2.95. The lowest BCUT2D eigenvalue weighted by Crippen LogP contribution is -2.39.